The number of carbonyl (C=O) groups excluding carboxylic acids is 1. The molecule has 1 aliphatic heterocycles. The number of piperazine rings is 1. The average Bonchev–Trinajstić information content (AvgIpc) is 2.70. The highest BCUT2D eigenvalue weighted by Crippen LogP contribution is 2.24. The molecular formula is C20H31N3O3S. The van der Waals surface area contributed by atoms with Crippen molar-refractivity contribution in [3.63, 3.8) is 0 Å². The Hall–Kier alpha value is -1.44. The van der Waals surface area contributed by atoms with Gasteiger partial charge in [0.2, 0.25) is 15.9 Å². The Labute approximate surface area is 163 Å². The van der Waals surface area contributed by atoms with E-state index in [1.807, 2.05) is 13.0 Å². The van der Waals surface area contributed by atoms with Gasteiger partial charge in [-0.15, -0.1) is 0 Å². The number of hydrogen-bond acceptors (Lipinski definition) is 4. The van der Waals surface area contributed by atoms with Crippen LogP contribution in [0.4, 0.5) is 0 Å². The van der Waals surface area contributed by atoms with Gasteiger partial charge in [0.1, 0.15) is 0 Å². The fourth-order valence-corrected chi connectivity index (χ4v) is 5.52. The van der Waals surface area contributed by atoms with E-state index in [1.165, 1.54) is 23.6 Å². The third-order valence-corrected chi connectivity index (χ3v) is 7.93. The lowest BCUT2D eigenvalue weighted by Crippen LogP contribution is -2.56. The van der Waals surface area contributed by atoms with E-state index in [2.05, 4.69) is 17.1 Å². The van der Waals surface area contributed by atoms with Gasteiger partial charge < -0.3 is 5.32 Å². The molecule has 2 aliphatic rings. The minimum Gasteiger partial charge on any atom is -0.352 e. The van der Waals surface area contributed by atoms with Gasteiger partial charge in [0.15, 0.2) is 0 Å². The fourth-order valence-electron chi connectivity index (χ4n) is 4.07. The van der Waals surface area contributed by atoms with Crippen molar-refractivity contribution in [3.8, 4) is 0 Å². The Morgan fingerprint density at radius 1 is 1.07 bits per heavy atom. The maximum absolute atomic E-state index is 12.7. The molecule has 1 amide bonds. The molecule has 0 bridgehead atoms. The monoisotopic (exact) mass is 393 g/mol. The van der Waals surface area contributed by atoms with E-state index >= 15 is 0 Å². The van der Waals surface area contributed by atoms with E-state index in [9.17, 15) is 13.2 Å². The molecule has 1 saturated heterocycles. The standard InChI is InChI=1S/C20H31N3O3S/c1-16-8-6-7-11-19(16)21-20(24)17(2)22-12-14-23(15-13-22)27(25,26)18-9-4-3-5-10-18/h3-5,9-10,16-17,19H,6-8,11-15H2,1-2H3,(H,21,24)/t16-,17+,19-/m0/s1. The molecular weight excluding hydrogens is 362 g/mol. The highest BCUT2D eigenvalue weighted by molar-refractivity contribution is 7.89. The molecule has 3 atom stereocenters. The molecule has 1 aromatic rings. The predicted octanol–water partition coefficient (Wildman–Crippen LogP) is 2.08. The zero-order valence-corrected chi connectivity index (χ0v) is 17.1. The van der Waals surface area contributed by atoms with Gasteiger partial charge in [-0.1, -0.05) is 38.0 Å². The molecule has 7 heteroatoms. The zero-order valence-electron chi connectivity index (χ0n) is 16.3. The number of benzene rings is 1. The Bertz CT molecular complexity index is 730. The molecule has 1 aromatic carbocycles. The fraction of sp³-hybridized carbons (Fsp3) is 0.650. The molecule has 2 fully saturated rings. The molecule has 1 saturated carbocycles. The summed E-state index contributed by atoms with van der Waals surface area (Å²) in [4.78, 5) is 15.1. The van der Waals surface area contributed by atoms with Crippen LogP contribution in [0.1, 0.15) is 39.5 Å². The summed E-state index contributed by atoms with van der Waals surface area (Å²) in [5, 5.41) is 3.22. The number of nitrogens with zero attached hydrogens (tertiary/aromatic N) is 2. The predicted molar refractivity (Wildman–Crippen MR) is 106 cm³/mol. The highest BCUT2D eigenvalue weighted by atomic mass is 32.2. The van der Waals surface area contributed by atoms with E-state index in [0.717, 1.165) is 6.42 Å². The van der Waals surface area contributed by atoms with Crippen molar-refractivity contribution in [1.29, 1.82) is 0 Å². The van der Waals surface area contributed by atoms with Gasteiger partial charge >= 0.3 is 0 Å². The summed E-state index contributed by atoms with van der Waals surface area (Å²) in [5.41, 5.74) is 0. The SMILES string of the molecule is C[C@H](C(=O)N[C@H]1CCCC[C@@H]1C)N1CCN(S(=O)(=O)c2ccccc2)CC1. The zero-order chi connectivity index (χ0) is 19.4. The van der Waals surface area contributed by atoms with Crippen LogP contribution in [0.3, 0.4) is 0 Å². The minimum atomic E-state index is -3.46. The second kappa shape index (κ2) is 8.71. The first kappa shape index (κ1) is 20.3. The molecule has 0 aromatic heterocycles. The molecule has 27 heavy (non-hydrogen) atoms. The third kappa shape index (κ3) is 4.70. The topological polar surface area (TPSA) is 69.7 Å². The van der Waals surface area contributed by atoms with Gasteiger partial charge in [-0.3, -0.25) is 9.69 Å². The maximum Gasteiger partial charge on any atom is 0.243 e. The average molecular weight is 394 g/mol. The van der Waals surface area contributed by atoms with Crippen LogP contribution in [0.25, 0.3) is 0 Å². The van der Waals surface area contributed by atoms with E-state index in [1.54, 1.807) is 24.3 Å². The first-order valence-corrected chi connectivity index (χ1v) is 11.4. The Morgan fingerprint density at radius 3 is 2.33 bits per heavy atom. The quantitative estimate of drug-likeness (QED) is 0.832. The first-order valence-electron chi connectivity index (χ1n) is 9.99. The summed E-state index contributed by atoms with van der Waals surface area (Å²) in [7, 11) is -3.46. The number of sulfonamides is 1. The van der Waals surface area contributed by atoms with Crippen molar-refractivity contribution in [2.45, 2.75) is 56.5 Å². The van der Waals surface area contributed by atoms with E-state index in [0.29, 0.717) is 37.0 Å². The Balaban J connectivity index is 1.54. The lowest BCUT2D eigenvalue weighted by Gasteiger charge is -2.38. The van der Waals surface area contributed by atoms with Gasteiger partial charge in [0.25, 0.3) is 0 Å². The van der Waals surface area contributed by atoms with Gasteiger partial charge in [-0.2, -0.15) is 4.31 Å². The van der Waals surface area contributed by atoms with Crippen LogP contribution in [0.5, 0.6) is 0 Å². The maximum atomic E-state index is 12.7. The smallest absolute Gasteiger partial charge is 0.243 e. The molecule has 6 nitrogen and oxygen atoms in total. The summed E-state index contributed by atoms with van der Waals surface area (Å²) < 4.78 is 27.0. The Kier molecular flexibility index (Phi) is 6.55. The van der Waals surface area contributed by atoms with Gasteiger partial charge in [0, 0.05) is 32.2 Å². The van der Waals surface area contributed by atoms with E-state index < -0.39 is 10.0 Å². The van der Waals surface area contributed by atoms with Gasteiger partial charge in [-0.25, -0.2) is 8.42 Å². The van der Waals surface area contributed by atoms with Crippen molar-refractivity contribution >= 4 is 15.9 Å². The van der Waals surface area contributed by atoms with Crippen LogP contribution in [0, 0.1) is 5.92 Å². The van der Waals surface area contributed by atoms with Crippen LogP contribution < -0.4 is 5.32 Å². The third-order valence-electron chi connectivity index (χ3n) is 6.02. The second-order valence-electron chi connectivity index (χ2n) is 7.81. The van der Waals surface area contributed by atoms with Crippen LogP contribution in [-0.2, 0) is 14.8 Å². The van der Waals surface area contributed by atoms with Crippen molar-refractivity contribution in [2.75, 3.05) is 26.2 Å². The van der Waals surface area contributed by atoms with Crippen molar-refractivity contribution < 1.29 is 13.2 Å². The van der Waals surface area contributed by atoms with Crippen LogP contribution in [0.15, 0.2) is 35.2 Å². The number of hydrogen-bond donors (Lipinski definition) is 1. The molecule has 3 rings (SSSR count). The van der Waals surface area contributed by atoms with E-state index in [4.69, 9.17) is 0 Å². The van der Waals surface area contributed by atoms with Gasteiger partial charge in [-0.05, 0) is 37.8 Å². The summed E-state index contributed by atoms with van der Waals surface area (Å²) in [6.45, 7) is 6.09. The molecule has 0 radical (unpaired) electrons. The van der Waals surface area contributed by atoms with Crippen molar-refractivity contribution in [1.82, 2.24) is 14.5 Å². The normalized spacial score (nSPS) is 26.4. The largest absolute Gasteiger partial charge is 0.352 e. The van der Waals surface area contributed by atoms with Crippen molar-refractivity contribution in [3.05, 3.63) is 30.3 Å². The van der Waals surface area contributed by atoms with Crippen LogP contribution in [-0.4, -0.2) is 61.8 Å². The summed E-state index contributed by atoms with van der Waals surface area (Å²) in [6.07, 6.45) is 4.67. The van der Waals surface area contributed by atoms with Gasteiger partial charge in [0.05, 0.1) is 10.9 Å². The number of nitrogens with one attached hydrogen (secondary N) is 1. The highest BCUT2D eigenvalue weighted by Gasteiger charge is 2.33. The van der Waals surface area contributed by atoms with Crippen LogP contribution in [0.2, 0.25) is 0 Å². The lowest BCUT2D eigenvalue weighted by molar-refractivity contribution is -0.127. The molecule has 0 unspecified atom stereocenters. The van der Waals surface area contributed by atoms with Crippen molar-refractivity contribution in [2.24, 2.45) is 5.92 Å². The summed E-state index contributed by atoms with van der Waals surface area (Å²) in [6, 6.07) is 8.58. The number of amides is 1. The molecule has 1 heterocycles. The summed E-state index contributed by atoms with van der Waals surface area (Å²) in [5.74, 6) is 0.593. The lowest BCUT2D eigenvalue weighted by atomic mass is 9.86. The van der Waals surface area contributed by atoms with Crippen LogP contribution >= 0.6 is 0 Å². The van der Waals surface area contributed by atoms with E-state index in [-0.39, 0.29) is 18.0 Å². The molecule has 150 valence electrons. The molecule has 1 N–H and O–H groups in total. The second-order valence-corrected chi connectivity index (χ2v) is 9.74. The first-order chi connectivity index (χ1) is 12.9. The Morgan fingerprint density at radius 2 is 1.70 bits per heavy atom. The molecule has 0 spiro atoms. The minimum absolute atomic E-state index is 0.0631. The number of rotatable bonds is 5. The molecule has 1 aliphatic carbocycles. The summed E-state index contributed by atoms with van der Waals surface area (Å²) >= 11 is 0. The number of carbonyl (C=O) groups is 1.